The summed E-state index contributed by atoms with van der Waals surface area (Å²) in [6.45, 7) is 7.39. The lowest BCUT2D eigenvalue weighted by molar-refractivity contribution is -0.150. The highest BCUT2D eigenvalue weighted by molar-refractivity contribution is 8.02. The number of aliphatic hydroxyl groups excluding tert-OH is 1. The minimum Gasteiger partial charge on any atom is -0.481 e. The number of thioether (sulfide) groups is 1. The fraction of sp³-hybridized carbons (Fsp3) is 0.444. The van der Waals surface area contributed by atoms with Gasteiger partial charge < -0.3 is 20.0 Å². The quantitative estimate of drug-likeness (QED) is 0.573. The summed E-state index contributed by atoms with van der Waals surface area (Å²) in [5.41, 5.74) is 0.691. The fourth-order valence-corrected chi connectivity index (χ4v) is 8.86. The van der Waals surface area contributed by atoms with Gasteiger partial charge in [0, 0.05) is 17.0 Å². The summed E-state index contributed by atoms with van der Waals surface area (Å²) in [6, 6.07) is 12.2. The summed E-state index contributed by atoms with van der Waals surface area (Å²) in [4.78, 5) is 43.6. The van der Waals surface area contributed by atoms with E-state index in [1.54, 1.807) is 17.9 Å². The summed E-state index contributed by atoms with van der Waals surface area (Å²) in [7, 11) is 0. The summed E-state index contributed by atoms with van der Waals surface area (Å²) in [5.74, 6) is -3.27. The number of aliphatic carboxylic acids is 1. The predicted molar refractivity (Wildman–Crippen MR) is 136 cm³/mol. The molecule has 0 saturated carbocycles. The number of carbonyl (C=O) groups excluding carboxylic acids is 2. The Morgan fingerprint density at radius 1 is 1.26 bits per heavy atom. The van der Waals surface area contributed by atoms with E-state index in [0.29, 0.717) is 18.5 Å². The van der Waals surface area contributed by atoms with Crippen LogP contribution in [0, 0.1) is 11.8 Å². The topological polar surface area (TPSA) is 98.2 Å². The third kappa shape index (κ3) is 3.33. The first-order valence-electron chi connectivity index (χ1n) is 12.0. The van der Waals surface area contributed by atoms with E-state index in [1.807, 2.05) is 49.4 Å². The highest BCUT2D eigenvalue weighted by atomic mass is 32.2. The molecule has 3 heterocycles. The van der Waals surface area contributed by atoms with Crippen molar-refractivity contribution in [2.24, 2.45) is 11.8 Å². The number of hydrogen-bond acceptors (Lipinski definition) is 5. The number of anilines is 1. The summed E-state index contributed by atoms with van der Waals surface area (Å²) >= 11 is 1.50. The summed E-state index contributed by atoms with van der Waals surface area (Å²) in [6.07, 6.45) is 2.86. The van der Waals surface area contributed by atoms with Gasteiger partial charge in [-0.3, -0.25) is 14.4 Å². The summed E-state index contributed by atoms with van der Waals surface area (Å²) < 4.78 is -1.45. The van der Waals surface area contributed by atoms with Gasteiger partial charge in [0.1, 0.15) is 6.04 Å². The predicted octanol–water partition coefficient (Wildman–Crippen LogP) is 3.31. The number of aliphatic hydroxyl groups is 1. The van der Waals surface area contributed by atoms with Crippen LogP contribution >= 0.6 is 11.8 Å². The molecule has 2 bridgehead atoms. The van der Waals surface area contributed by atoms with Crippen molar-refractivity contribution >= 4 is 46.0 Å². The molecule has 8 heteroatoms. The molecule has 2 unspecified atom stereocenters. The molecule has 0 aliphatic carbocycles. The maximum atomic E-state index is 14.4. The molecule has 35 heavy (non-hydrogen) atoms. The van der Waals surface area contributed by atoms with Gasteiger partial charge in [0.2, 0.25) is 5.91 Å². The molecule has 6 atom stereocenters. The minimum atomic E-state index is -0.998. The number of benzene rings is 2. The Morgan fingerprint density at radius 2 is 1.97 bits per heavy atom. The third-order valence-electron chi connectivity index (χ3n) is 8.08. The first-order chi connectivity index (χ1) is 16.7. The van der Waals surface area contributed by atoms with E-state index in [0.717, 1.165) is 10.8 Å². The molecule has 7 nitrogen and oxygen atoms in total. The first-order valence-corrected chi connectivity index (χ1v) is 12.8. The molecule has 0 aromatic heterocycles. The van der Waals surface area contributed by atoms with Gasteiger partial charge in [-0.2, -0.15) is 0 Å². The van der Waals surface area contributed by atoms with E-state index in [2.05, 4.69) is 6.58 Å². The molecule has 3 saturated heterocycles. The number of amides is 2. The average Bonchev–Trinajstić information content (AvgIpc) is 3.42. The van der Waals surface area contributed by atoms with Crippen LogP contribution < -0.4 is 4.90 Å². The van der Waals surface area contributed by atoms with Crippen molar-refractivity contribution in [3.8, 4) is 0 Å². The van der Waals surface area contributed by atoms with Crippen molar-refractivity contribution in [2.45, 2.75) is 48.3 Å². The Hall–Kier alpha value is -2.84. The smallest absolute Gasteiger partial charge is 0.308 e. The van der Waals surface area contributed by atoms with Gasteiger partial charge in [0.05, 0.1) is 29.2 Å². The highest BCUT2D eigenvalue weighted by Gasteiger charge is 2.77. The highest BCUT2D eigenvalue weighted by Crippen LogP contribution is 2.71. The zero-order valence-corrected chi connectivity index (χ0v) is 20.7. The number of nitrogens with zero attached hydrogens (tertiary/aromatic N) is 2. The molecule has 2 aromatic carbocycles. The number of likely N-dealkylation sites (tertiary alicyclic amines) is 1. The molecule has 3 aliphatic heterocycles. The lowest BCUT2D eigenvalue weighted by Gasteiger charge is -2.38. The second kappa shape index (κ2) is 8.38. The van der Waals surface area contributed by atoms with E-state index in [9.17, 15) is 24.6 Å². The van der Waals surface area contributed by atoms with Crippen LogP contribution in [0.4, 0.5) is 5.69 Å². The first kappa shape index (κ1) is 23.9. The van der Waals surface area contributed by atoms with E-state index < -0.39 is 39.4 Å². The lowest BCUT2D eigenvalue weighted by Crippen LogP contribution is -2.57. The number of rotatable bonds is 7. The van der Waals surface area contributed by atoms with Crippen LogP contribution in [0.3, 0.4) is 0 Å². The number of fused-ring (bicyclic) bond motifs is 2. The number of carbonyl (C=O) groups is 3. The summed E-state index contributed by atoms with van der Waals surface area (Å²) in [5, 5.41) is 22.1. The van der Waals surface area contributed by atoms with Gasteiger partial charge >= 0.3 is 5.97 Å². The van der Waals surface area contributed by atoms with Crippen LogP contribution in [0.2, 0.25) is 0 Å². The second-order valence-corrected chi connectivity index (χ2v) is 12.0. The monoisotopic (exact) mass is 494 g/mol. The Labute approximate surface area is 208 Å². The van der Waals surface area contributed by atoms with Crippen molar-refractivity contribution < 1.29 is 24.6 Å². The van der Waals surface area contributed by atoms with Crippen molar-refractivity contribution in [1.29, 1.82) is 0 Å². The molecule has 2 N–H and O–H groups in total. The van der Waals surface area contributed by atoms with Gasteiger partial charge in [-0.15, -0.1) is 18.3 Å². The molecule has 3 fully saturated rings. The van der Waals surface area contributed by atoms with Crippen molar-refractivity contribution in [1.82, 2.24) is 4.90 Å². The van der Waals surface area contributed by atoms with Gasteiger partial charge in [0.15, 0.2) is 0 Å². The number of carboxylic acids is 1. The molecule has 1 spiro atoms. The van der Waals surface area contributed by atoms with Crippen LogP contribution in [0.5, 0.6) is 0 Å². The van der Waals surface area contributed by atoms with E-state index >= 15 is 0 Å². The van der Waals surface area contributed by atoms with Crippen LogP contribution in [0.15, 0.2) is 55.1 Å². The number of carboxylic acid groups (broad SMARTS) is 1. The third-order valence-corrected chi connectivity index (χ3v) is 10.1. The van der Waals surface area contributed by atoms with Gasteiger partial charge in [0.25, 0.3) is 5.91 Å². The standard InChI is InChI=1S/C27H30N2O5S/c1-4-13-28(19-10-9-17-7-5-6-8-18(17)14-19)24(32)22-27-12-11-26(3,35-27)21(25(33)34)20(27)23(31)29(22)16(2)15-30/h4-10,14,16,20-22,30H,1,11-13,15H2,2-3H3,(H,33,34)/t16-,20+,21+,22?,26-,27?/m1/s1. The maximum Gasteiger partial charge on any atom is 0.308 e. The Balaban J connectivity index is 1.63. The van der Waals surface area contributed by atoms with Crippen LogP contribution in [0.25, 0.3) is 10.8 Å². The molecular formula is C27H30N2O5S. The van der Waals surface area contributed by atoms with Crippen molar-refractivity contribution in [3.05, 3.63) is 55.1 Å². The van der Waals surface area contributed by atoms with Gasteiger partial charge in [-0.05, 0) is 49.6 Å². The largest absolute Gasteiger partial charge is 0.481 e. The average molecular weight is 495 g/mol. The molecule has 2 amide bonds. The SMILES string of the molecule is C=CCN(C(=O)C1N([C@H](C)CO)C(=O)[C@@H]2[C@@H](C(=O)O)[C@@]3(C)CCC12S3)c1ccc2ccccc2c1. The lowest BCUT2D eigenvalue weighted by atomic mass is 9.66. The van der Waals surface area contributed by atoms with E-state index in [-0.39, 0.29) is 25.0 Å². The van der Waals surface area contributed by atoms with Crippen LogP contribution in [-0.2, 0) is 14.4 Å². The number of hydrogen-bond donors (Lipinski definition) is 2. The van der Waals surface area contributed by atoms with Gasteiger partial charge in [-0.25, -0.2) is 0 Å². The maximum absolute atomic E-state index is 14.4. The van der Waals surface area contributed by atoms with Crippen LogP contribution in [-0.4, -0.2) is 67.6 Å². The Kier molecular flexibility index (Phi) is 5.72. The molecule has 2 aromatic rings. The second-order valence-electron chi connectivity index (χ2n) is 10.1. The zero-order valence-electron chi connectivity index (χ0n) is 19.9. The van der Waals surface area contributed by atoms with Crippen molar-refractivity contribution in [2.75, 3.05) is 18.1 Å². The normalized spacial score (nSPS) is 32.0. The molecule has 3 aliphatic rings. The van der Waals surface area contributed by atoms with Crippen LogP contribution in [0.1, 0.15) is 26.7 Å². The minimum absolute atomic E-state index is 0.244. The fourth-order valence-electron chi connectivity index (χ4n) is 6.53. The van der Waals surface area contributed by atoms with Crippen molar-refractivity contribution in [3.63, 3.8) is 0 Å². The van der Waals surface area contributed by atoms with E-state index in [4.69, 9.17) is 0 Å². The Bertz CT molecular complexity index is 1230. The Morgan fingerprint density at radius 3 is 2.63 bits per heavy atom. The molecule has 5 rings (SSSR count). The molecule has 0 radical (unpaired) electrons. The molecule has 184 valence electrons. The molecular weight excluding hydrogens is 464 g/mol. The van der Waals surface area contributed by atoms with E-state index in [1.165, 1.54) is 16.7 Å². The van der Waals surface area contributed by atoms with Gasteiger partial charge in [-0.1, -0.05) is 36.4 Å². The zero-order chi connectivity index (χ0) is 25.1.